The van der Waals surface area contributed by atoms with E-state index in [1.165, 1.54) is 27.6 Å². The molecule has 6 heteroatoms. The Morgan fingerprint density at radius 3 is 2.27 bits per heavy atom. The van der Waals surface area contributed by atoms with E-state index in [-0.39, 0.29) is 0 Å². The van der Waals surface area contributed by atoms with Crippen LogP contribution >= 0.6 is 22.6 Å². The van der Waals surface area contributed by atoms with Gasteiger partial charge in [-0.05, 0) is 22.6 Å². The zero-order valence-corrected chi connectivity index (χ0v) is 7.08. The van der Waals surface area contributed by atoms with Crippen molar-refractivity contribution in [2.45, 2.75) is 0 Å². The fourth-order valence-electron chi connectivity index (χ4n) is 0.502. The molecular formula is C5HF3INO. The van der Waals surface area contributed by atoms with Gasteiger partial charge in [0.15, 0.2) is 5.82 Å². The van der Waals surface area contributed by atoms with Crippen LogP contribution in [0.25, 0.3) is 0 Å². The topological polar surface area (TPSA) is 32.9 Å². The third kappa shape index (κ3) is 1.39. The van der Waals surface area contributed by atoms with Crippen molar-refractivity contribution in [1.82, 2.24) is 4.98 Å². The first kappa shape index (κ1) is 8.57. The number of halogens is 4. The lowest BCUT2D eigenvalue weighted by Gasteiger charge is -1.95. The van der Waals surface area contributed by atoms with Crippen LogP contribution in [0.1, 0.15) is 0 Å². The van der Waals surface area contributed by atoms with Gasteiger partial charge in [-0.2, -0.15) is 8.78 Å². The Balaban J connectivity index is 3.59. The highest BCUT2D eigenvalue weighted by molar-refractivity contribution is 14.1. The van der Waals surface area contributed by atoms with E-state index in [4.69, 9.17) is 0 Å². The summed E-state index contributed by atoms with van der Waals surface area (Å²) in [5.74, 6) is -4.12. The average Bonchev–Trinajstić information content (AvgIpc) is 1.97. The van der Waals surface area contributed by atoms with Gasteiger partial charge >= 0.3 is 0 Å². The van der Waals surface area contributed by atoms with E-state index in [2.05, 4.69) is 0 Å². The Bertz CT molecular complexity index is 348. The van der Waals surface area contributed by atoms with Crippen LogP contribution in [0.4, 0.5) is 13.2 Å². The normalized spacial score (nSPS) is 10.2. The van der Waals surface area contributed by atoms with Gasteiger partial charge in [-0.1, -0.05) is 0 Å². The Labute approximate surface area is 72.6 Å². The number of pyridine rings is 1. The fraction of sp³-hybridized carbons (Fsp3) is 0. The van der Waals surface area contributed by atoms with Crippen LogP contribution in [0.3, 0.4) is 0 Å². The molecule has 0 amide bonds. The van der Waals surface area contributed by atoms with E-state index < -0.39 is 26.7 Å². The van der Waals surface area contributed by atoms with Gasteiger partial charge in [0.1, 0.15) is 0 Å². The number of nitrogens with one attached hydrogen (secondary N) is 1. The van der Waals surface area contributed by atoms with E-state index in [9.17, 15) is 18.0 Å². The Kier molecular flexibility index (Phi) is 2.21. The molecule has 1 aromatic rings. The molecule has 1 N–H and O–H groups in total. The summed E-state index contributed by atoms with van der Waals surface area (Å²) in [7, 11) is 0. The number of hydrogen-bond acceptors (Lipinski definition) is 1. The van der Waals surface area contributed by atoms with Crippen molar-refractivity contribution in [3.8, 4) is 0 Å². The summed E-state index contributed by atoms with van der Waals surface area (Å²) in [6.07, 6.45) is 0. The van der Waals surface area contributed by atoms with Crippen molar-refractivity contribution < 1.29 is 13.2 Å². The number of aromatic nitrogens is 1. The highest BCUT2D eigenvalue weighted by Crippen LogP contribution is 2.12. The molecule has 0 saturated carbocycles. The second-order valence-electron chi connectivity index (χ2n) is 1.71. The predicted molar refractivity (Wildman–Crippen MR) is 39.7 cm³/mol. The van der Waals surface area contributed by atoms with Crippen LogP contribution < -0.4 is 5.56 Å². The molecule has 0 unspecified atom stereocenters. The third-order valence-electron chi connectivity index (χ3n) is 1.00. The molecule has 0 bridgehead atoms. The zero-order valence-electron chi connectivity index (χ0n) is 4.92. The van der Waals surface area contributed by atoms with Crippen molar-refractivity contribution in [2.75, 3.05) is 0 Å². The van der Waals surface area contributed by atoms with Crippen LogP contribution in [0.5, 0.6) is 0 Å². The van der Waals surface area contributed by atoms with Crippen molar-refractivity contribution in [3.05, 3.63) is 31.5 Å². The van der Waals surface area contributed by atoms with Crippen LogP contribution in [-0.4, -0.2) is 4.98 Å². The number of aromatic amines is 1. The second kappa shape index (κ2) is 2.84. The molecular weight excluding hydrogens is 274 g/mol. The van der Waals surface area contributed by atoms with Crippen molar-refractivity contribution in [2.24, 2.45) is 0 Å². The Morgan fingerprint density at radius 2 is 1.73 bits per heavy atom. The maximum Gasteiger partial charge on any atom is 0.287 e. The highest BCUT2D eigenvalue weighted by atomic mass is 127. The lowest BCUT2D eigenvalue weighted by Crippen LogP contribution is -2.16. The molecule has 60 valence electrons. The predicted octanol–water partition coefficient (Wildman–Crippen LogP) is 1.40. The SMILES string of the molecule is O=c1[nH]c(F)c(F)c(I)c1F. The molecule has 0 spiro atoms. The van der Waals surface area contributed by atoms with Gasteiger partial charge in [-0.3, -0.25) is 9.78 Å². The molecule has 1 aromatic heterocycles. The molecule has 11 heavy (non-hydrogen) atoms. The molecule has 2 nitrogen and oxygen atoms in total. The average molecular weight is 275 g/mol. The highest BCUT2D eigenvalue weighted by Gasteiger charge is 2.14. The maximum absolute atomic E-state index is 12.4. The van der Waals surface area contributed by atoms with Gasteiger partial charge in [-0.15, -0.1) is 0 Å². The minimum atomic E-state index is -1.44. The third-order valence-corrected chi connectivity index (χ3v) is 1.95. The molecule has 0 fully saturated rings. The molecule has 0 atom stereocenters. The molecule has 0 aliphatic carbocycles. The lowest BCUT2D eigenvalue weighted by molar-refractivity contribution is 0.451. The molecule has 1 heterocycles. The Morgan fingerprint density at radius 1 is 1.18 bits per heavy atom. The molecule has 0 radical (unpaired) electrons. The number of hydrogen-bond donors (Lipinski definition) is 1. The van der Waals surface area contributed by atoms with E-state index >= 15 is 0 Å². The molecule has 0 aromatic carbocycles. The first-order chi connectivity index (χ1) is 5.04. The monoisotopic (exact) mass is 275 g/mol. The number of rotatable bonds is 0. The van der Waals surface area contributed by atoms with E-state index in [1.807, 2.05) is 0 Å². The minimum Gasteiger partial charge on any atom is -0.294 e. The van der Waals surface area contributed by atoms with Crippen LogP contribution in [0, 0.1) is 21.2 Å². The van der Waals surface area contributed by atoms with Gasteiger partial charge in [0.05, 0.1) is 3.57 Å². The Hall–Kier alpha value is -0.530. The van der Waals surface area contributed by atoms with Crippen LogP contribution in [0.15, 0.2) is 4.79 Å². The van der Waals surface area contributed by atoms with E-state index in [0.717, 1.165) is 0 Å². The maximum atomic E-state index is 12.4. The van der Waals surface area contributed by atoms with Gasteiger partial charge < -0.3 is 0 Å². The van der Waals surface area contributed by atoms with E-state index in [0.29, 0.717) is 0 Å². The molecule has 0 aliphatic heterocycles. The molecule has 1 rings (SSSR count). The second-order valence-corrected chi connectivity index (χ2v) is 2.79. The largest absolute Gasteiger partial charge is 0.294 e. The van der Waals surface area contributed by atoms with Gasteiger partial charge in [0.2, 0.25) is 11.8 Å². The molecule has 0 saturated heterocycles. The van der Waals surface area contributed by atoms with Crippen molar-refractivity contribution in [3.63, 3.8) is 0 Å². The summed E-state index contributed by atoms with van der Waals surface area (Å²) >= 11 is 1.21. The van der Waals surface area contributed by atoms with Gasteiger partial charge in [0.25, 0.3) is 5.56 Å². The summed E-state index contributed by atoms with van der Waals surface area (Å²) < 4.78 is 36.4. The summed E-state index contributed by atoms with van der Waals surface area (Å²) in [6, 6.07) is 0. The van der Waals surface area contributed by atoms with Gasteiger partial charge in [0, 0.05) is 0 Å². The summed E-state index contributed by atoms with van der Waals surface area (Å²) in [5.41, 5.74) is -1.26. The standard InChI is InChI=1S/C5HF3INO/c6-1-3(9)2(7)5(11)10-4(1)8/h(H,10,11). The van der Waals surface area contributed by atoms with Crippen LogP contribution in [0.2, 0.25) is 0 Å². The quantitative estimate of drug-likeness (QED) is 0.563. The minimum absolute atomic E-state index is 0.635. The zero-order chi connectivity index (χ0) is 8.59. The summed E-state index contributed by atoms with van der Waals surface area (Å²) in [6.45, 7) is 0. The smallest absolute Gasteiger partial charge is 0.287 e. The van der Waals surface area contributed by atoms with E-state index in [1.54, 1.807) is 0 Å². The summed E-state index contributed by atoms with van der Waals surface area (Å²) in [4.78, 5) is 11.7. The number of H-pyrrole nitrogens is 1. The fourth-order valence-corrected chi connectivity index (χ4v) is 0.984. The van der Waals surface area contributed by atoms with Crippen molar-refractivity contribution >= 4 is 22.6 Å². The van der Waals surface area contributed by atoms with Gasteiger partial charge in [-0.25, -0.2) is 4.39 Å². The first-order valence-corrected chi connectivity index (χ1v) is 3.54. The lowest BCUT2D eigenvalue weighted by atomic mass is 10.4. The summed E-state index contributed by atoms with van der Waals surface area (Å²) in [5, 5.41) is 0. The molecule has 0 aliphatic rings. The van der Waals surface area contributed by atoms with Crippen LogP contribution in [-0.2, 0) is 0 Å². The first-order valence-electron chi connectivity index (χ1n) is 2.46. The van der Waals surface area contributed by atoms with Crippen molar-refractivity contribution in [1.29, 1.82) is 0 Å².